The van der Waals surface area contributed by atoms with Crippen molar-refractivity contribution >= 4 is 9.84 Å². The lowest BCUT2D eigenvalue weighted by atomic mass is 10.0. The van der Waals surface area contributed by atoms with Gasteiger partial charge in [0, 0.05) is 6.04 Å². The Morgan fingerprint density at radius 3 is 2.89 bits per heavy atom. The van der Waals surface area contributed by atoms with Gasteiger partial charge in [-0.15, -0.1) is 0 Å². The maximum atomic E-state index is 11.5. The van der Waals surface area contributed by atoms with E-state index in [9.17, 15) is 8.42 Å². The highest BCUT2D eigenvalue weighted by atomic mass is 32.2. The Morgan fingerprint density at radius 2 is 2.16 bits per heavy atom. The molecule has 0 radical (unpaired) electrons. The van der Waals surface area contributed by atoms with Gasteiger partial charge in [0.25, 0.3) is 0 Å². The number of rotatable bonds is 3. The van der Waals surface area contributed by atoms with E-state index in [0.717, 1.165) is 25.8 Å². The zero-order chi connectivity index (χ0) is 13.5. The van der Waals surface area contributed by atoms with Gasteiger partial charge >= 0.3 is 0 Å². The molecule has 1 saturated heterocycles. The number of sulfone groups is 1. The zero-order valence-corrected chi connectivity index (χ0v) is 12.2. The van der Waals surface area contributed by atoms with Crippen LogP contribution in [0.5, 0.6) is 0 Å². The van der Waals surface area contributed by atoms with Crippen molar-refractivity contribution in [1.29, 1.82) is 0 Å². The number of hydrogen-bond acceptors (Lipinski definition) is 3. The summed E-state index contributed by atoms with van der Waals surface area (Å²) in [6, 6.07) is 7.08. The molecule has 1 aliphatic carbocycles. The second-order valence-electron chi connectivity index (χ2n) is 5.97. The van der Waals surface area contributed by atoms with Gasteiger partial charge in [-0.05, 0) is 49.8 Å². The summed E-state index contributed by atoms with van der Waals surface area (Å²) in [4.78, 5) is 0. The molecule has 0 spiro atoms. The predicted molar refractivity (Wildman–Crippen MR) is 77.0 cm³/mol. The highest BCUT2D eigenvalue weighted by molar-refractivity contribution is 7.91. The number of aryl methyl sites for hydroxylation is 2. The first kappa shape index (κ1) is 13.1. The Morgan fingerprint density at radius 1 is 1.32 bits per heavy atom. The second kappa shape index (κ2) is 4.91. The van der Waals surface area contributed by atoms with E-state index < -0.39 is 9.84 Å². The van der Waals surface area contributed by atoms with Crippen LogP contribution in [0, 0.1) is 12.8 Å². The molecule has 0 bridgehead atoms. The quantitative estimate of drug-likeness (QED) is 0.920. The van der Waals surface area contributed by atoms with E-state index >= 15 is 0 Å². The minimum absolute atomic E-state index is 0.304. The summed E-state index contributed by atoms with van der Waals surface area (Å²) in [5, 5.41) is 3.58. The molecular formula is C15H21NO2S. The average molecular weight is 279 g/mol. The molecule has 1 fully saturated rings. The van der Waals surface area contributed by atoms with E-state index in [2.05, 4.69) is 30.4 Å². The van der Waals surface area contributed by atoms with Crippen LogP contribution < -0.4 is 5.32 Å². The van der Waals surface area contributed by atoms with Crippen LogP contribution in [0.25, 0.3) is 0 Å². The monoisotopic (exact) mass is 279 g/mol. The van der Waals surface area contributed by atoms with Gasteiger partial charge in [0.1, 0.15) is 0 Å². The lowest BCUT2D eigenvalue weighted by molar-refractivity contribution is 0.456. The van der Waals surface area contributed by atoms with Crippen molar-refractivity contribution in [3.8, 4) is 0 Å². The average Bonchev–Trinajstić information content (AvgIpc) is 2.90. The third-order valence-corrected chi connectivity index (χ3v) is 6.20. The molecule has 1 heterocycles. The lowest BCUT2D eigenvalue weighted by Gasteiger charge is -2.17. The molecule has 2 atom stereocenters. The number of benzene rings is 1. The summed E-state index contributed by atoms with van der Waals surface area (Å²) in [7, 11) is -2.75. The van der Waals surface area contributed by atoms with Crippen molar-refractivity contribution in [2.24, 2.45) is 5.92 Å². The van der Waals surface area contributed by atoms with E-state index in [1.165, 1.54) is 16.7 Å². The molecular weight excluding hydrogens is 258 g/mol. The van der Waals surface area contributed by atoms with Crippen LogP contribution in [0.1, 0.15) is 35.6 Å². The molecule has 2 unspecified atom stereocenters. The van der Waals surface area contributed by atoms with Gasteiger partial charge < -0.3 is 5.32 Å². The Hall–Kier alpha value is -0.870. The van der Waals surface area contributed by atoms with Gasteiger partial charge in [-0.3, -0.25) is 0 Å². The SMILES string of the molecule is Cc1ccc2c(c1)C(NCC1CCS(=O)(=O)C1)CC2. The summed E-state index contributed by atoms with van der Waals surface area (Å²) in [6.45, 7) is 2.95. The van der Waals surface area contributed by atoms with Crippen molar-refractivity contribution in [1.82, 2.24) is 5.32 Å². The predicted octanol–water partition coefficient (Wildman–Crippen LogP) is 2.01. The van der Waals surface area contributed by atoms with Crippen LogP contribution in [0.15, 0.2) is 18.2 Å². The van der Waals surface area contributed by atoms with Gasteiger partial charge in [0.05, 0.1) is 11.5 Å². The van der Waals surface area contributed by atoms with Crippen LogP contribution in [0.3, 0.4) is 0 Å². The molecule has 0 saturated carbocycles. The number of hydrogen-bond donors (Lipinski definition) is 1. The highest BCUT2D eigenvalue weighted by Gasteiger charge is 2.29. The Bertz CT molecular complexity index is 580. The third-order valence-electron chi connectivity index (χ3n) is 4.36. The number of nitrogens with one attached hydrogen (secondary N) is 1. The molecule has 0 amide bonds. The molecule has 4 heteroatoms. The fourth-order valence-electron chi connectivity index (χ4n) is 3.28. The molecule has 3 nitrogen and oxygen atoms in total. The van der Waals surface area contributed by atoms with Gasteiger partial charge in [0.15, 0.2) is 9.84 Å². The van der Waals surface area contributed by atoms with E-state index in [0.29, 0.717) is 23.5 Å². The molecule has 1 N–H and O–H groups in total. The number of fused-ring (bicyclic) bond motifs is 1. The van der Waals surface area contributed by atoms with Gasteiger partial charge in [-0.1, -0.05) is 23.8 Å². The highest BCUT2D eigenvalue weighted by Crippen LogP contribution is 2.32. The topological polar surface area (TPSA) is 46.2 Å². The third kappa shape index (κ3) is 2.84. The summed E-state index contributed by atoms with van der Waals surface area (Å²) in [6.07, 6.45) is 3.09. The largest absolute Gasteiger partial charge is 0.310 e. The van der Waals surface area contributed by atoms with Crippen LogP contribution in [-0.2, 0) is 16.3 Å². The first-order valence-corrected chi connectivity index (χ1v) is 8.89. The van der Waals surface area contributed by atoms with Crippen LogP contribution in [-0.4, -0.2) is 26.5 Å². The van der Waals surface area contributed by atoms with Gasteiger partial charge in [0.2, 0.25) is 0 Å². The maximum Gasteiger partial charge on any atom is 0.150 e. The summed E-state index contributed by atoms with van der Waals surface area (Å²) < 4.78 is 22.9. The zero-order valence-electron chi connectivity index (χ0n) is 11.4. The molecule has 19 heavy (non-hydrogen) atoms. The van der Waals surface area contributed by atoms with E-state index in [1.54, 1.807) is 0 Å². The lowest BCUT2D eigenvalue weighted by Crippen LogP contribution is -2.26. The minimum atomic E-state index is -2.75. The van der Waals surface area contributed by atoms with Crippen LogP contribution >= 0.6 is 0 Å². The second-order valence-corrected chi connectivity index (χ2v) is 8.20. The van der Waals surface area contributed by atoms with E-state index in [4.69, 9.17) is 0 Å². The van der Waals surface area contributed by atoms with Crippen LogP contribution in [0.2, 0.25) is 0 Å². The fraction of sp³-hybridized carbons (Fsp3) is 0.600. The maximum absolute atomic E-state index is 11.5. The summed E-state index contributed by atoms with van der Waals surface area (Å²) >= 11 is 0. The van der Waals surface area contributed by atoms with E-state index in [-0.39, 0.29) is 0 Å². The summed E-state index contributed by atoms with van der Waals surface area (Å²) in [5.74, 6) is 1.05. The van der Waals surface area contributed by atoms with Crippen molar-refractivity contribution in [3.63, 3.8) is 0 Å². The Kier molecular flexibility index (Phi) is 3.39. The van der Waals surface area contributed by atoms with Crippen molar-refractivity contribution in [2.75, 3.05) is 18.1 Å². The molecule has 0 aromatic heterocycles. The fourth-order valence-corrected chi connectivity index (χ4v) is 5.14. The molecule has 2 aliphatic rings. The first-order valence-electron chi connectivity index (χ1n) is 7.07. The van der Waals surface area contributed by atoms with E-state index in [1.807, 2.05) is 0 Å². The standard InChI is InChI=1S/C15H21NO2S/c1-11-2-3-13-4-5-15(14(13)8-11)16-9-12-6-7-19(17,18)10-12/h2-3,8,12,15-16H,4-7,9-10H2,1H3. The summed E-state index contributed by atoms with van der Waals surface area (Å²) in [5.41, 5.74) is 4.17. The van der Waals surface area contributed by atoms with Crippen molar-refractivity contribution in [2.45, 2.75) is 32.2 Å². The van der Waals surface area contributed by atoms with Gasteiger partial charge in [-0.2, -0.15) is 0 Å². The molecule has 3 rings (SSSR count). The molecule has 1 aromatic rings. The Balaban J connectivity index is 1.63. The van der Waals surface area contributed by atoms with Crippen LogP contribution in [0.4, 0.5) is 0 Å². The molecule has 104 valence electrons. The Labute approximate surface area is 115 Å². The smallest absolute Gasteiger partial charge is 0.150 e. The first-order chi connectivity index (χ1) is 9.03. The normalized spacial score (nSPS) is 28.5. The van der Waals surface area contributed by atoms with Crippen molar-refractivity contribution < 1.29 is 8.42 Å². The molecule has 1 aliphatic heterocycles. The van der Waals surface area contributed by atoms with Crippen molar-refractivity contribution in [3.05, 3.63) is 34.9 Å². The minimum Gasteiger partial charge on any atom is -0.310 e. The van der Waals surface area contributed by atoms with Gasteiger partial charge in [-0.25, -0.2) is 8.42 Å². The molecule has 1 aromatic carbocycles.